The van der Waals surface area contributed by atoms with Crippen LogP contribution in [0.3, 0.4) is 0 Å². The van der Waals surface area contributed by atoms with Gasteiger partial charge in [-0.2, -0.15) is 5.10 Å². The molecule has 1 amide bonds. The van der Waals surface area contributed by atoms with Gasteiger partial charge in [-0.25, -0.2) is 0 Å². The molecule has 0 bridgehead atoms. The smallest absolute Gasteiger partial charge is 0.284 e. The molecule has 0 aliphatic carbocycles. The number of hydrogen-bond donors (Lipinski definition) is 3. The molecule has 27 heavy (non-hydrogen) atoms. The third-order valence-corrected chi connectivity index (χ3v) is 4.38. The summed E-state index contributed by atoms with van der Waals surface area (Å²) in [7, 11) is 3.65. The monoisotopic (exact) mass is 487 g/mol. The van der Waals surface area contributed by atoms with Gasteiger partial charge in [-0.1, -0.05) is 0 Å². The zero-order chi connectivity index (χ0) is 18.5. The van der Waals surface area contributed by atoms with Gasteiger partial charge in [0.25, 0.3) is 5.91 Å². The predicted molar refractivity (Wildman–Crippen MR) is 114 cm³/mol. The molecule has 2 aromatic heterocycles. The van der Waals surface area contributed by atoms with Gasteiger partial charge in [0, 0.05) is 39.4 Å². The second kappa shape index (κ2) is 9.62. The molecule has 0 radical (unpaired) electrons. The molecule has 1 fully saturated rings. The quantitative estimate of drug-likeness (QED) is 0.330. The Labute approximate surface area is 175 Å². The Balaban J connectivity index is 0.00000261. The van der Waals surface area contributed by atoms with E-state index in [4.69, 9.17) is 10.2 Å². The number of nitrogens with one attached hydrogen (secondary N) is 2. The summed E-state index contributed by atoms with van der Waals surface area (Å²) in [5, 5.41) is 10.9. The lowest BCUT2D eigenvalue weighted by molar-refractivity contribution is 0.0972. The van der Waals surface area contributed by atoms with E-state index >= 15 is 0 Å². The van der Waals surface area contributed by atoms with Gasteiger partial charge in [0.1, 0.15) is 5.76 Å². The van der Waals surface area contributed by atoms with Crippen LogP contribution in [0.25, 0.3) is 0 Å². The molecule has 3 rings (SSSR count). The Morgan fingerprint density at radius 1 is 1.48 bits per heavy atom. The van der Waals surface area contributed by atoms with Crippen molar-refractivity contribution in [2.24, 2.45) is 17.8 Å². The van der Waals surface area contributed by atoms with Gasteiger partial charge >= 0.3 is 0 Å². The molecule has 2 aromatic rings. The van der Waals surface area contributed by atoms with Crippen LogP contribution in [0.1, 0.15) is 29.2 Å². The van der Waals surface area contributed by atoms with Crippen molar-refractivity contribution >= 4 is 41.5 Å². The normalized spacial score (nSPS) is 17.3. The summed E-state index contributed by atoms with van der Waals surface area (Å²) in [4.78, 5) is 17.7. The molecule has 10 heteroatoms. The summed E-state index contributed by atoms with van der Waals surface area (Å²) in [5.41, 5.74) is 6.33. The number of nitrogens with two attached hydrogens (primary N) is 1. The highest BCUT2D eigenvalue weighted by Gasteiger charge is 2.21. The number of rotatable bonds is 5. The van der Waals surface area contributed by atoms with E-state index in [2.05, 4.69) is 25.6 Å². The minimum absolute atomic E-state index is 0. The number of amides is 1. The van der Waals surface area contributed by atoms with Crippen molar-refractivity contribution in [3.8, 4) is 0 Å². The van der Waals surface area contributed by atoms with Crippen LogP contribution < -0.4 is 21.3 Å². The summed E-state index contributed by atoms with van der Waals surface area (Å²) in [6, 6.07) is 3.58. The Morgan fingerprint density at radius 2 is 2.30 bits per heavy atom. The van der Waals surface area contributed by atoms with Crippen LogP contribution >= 0.6 is 24.0 Å². The number of carbonyl (C=O) groups is 1. The summed E-state index contributed by atoms with van der Waals surface area (Å²) in [5.74, 6) is 0.906. The van der Waals surface area contributed by atoms with Crippen LogP contribution in [0.4, 0.5) is 5.69 Å². The first-order chi connectivity index (χ1) is 12.5. The molecule has 1 aliphatic rings. The van der Waals surface area contributed by atoms with Gasteiger partial charge in [-0.05, 0) is 25.0 Å². The highest BCUT2D eigenvalue weighted by Crippen LogP contribution is 2.19. The first-order valence-corrected chi connectivity index (χ1v) is 8.64. The van der Waals surface area contributed by atoms with Gasteiger partial charge in [-0.15, -0.1) is 24.0 Å². The number of furan rings is 1. The molecule has 1 unspecified atom stereocenters. The van der Waals surface area contributed by atoms with E-state index in [1.807, 2.05) is 24.1 Å². The van der Waals surface area contributed by atoms with E-state index in [1.54, 1.807) is 19.2 Å². The molecular weight excluding hydrogens is 461 g/mol. The largest absolute Gasteiger partial charge is 0.454 e. The standard InChI is InChI=1S/C17H25N7O2.HI/c1-19-17(20-9-14-5-6-15(26-14)16(18)25)22-12-4-3-7-24(10-12)13-8-21-23(2)11-13;/h5-6,8,11-12H,3-4,7,9-10H2,1-2H3,(H2,18,25)(H2,19,20,22);1H. The lowest BCUT2D eigenvalue weighted by Gasteiger charge is -2.34. The number of aliphatic imine (C=N–C) groups is 1. The van der Waals surface area contributed by atoms with Gasteiger partial charge in [-0.3, -0.25) is 14.5 Å². The fourth-order valence-corrected chi connectivity index (χ4v) is 3.07. The summed E-state index contributed by atoms with van der Waals surface area (Å²) in [6.07, 6.45) is 6.10. The van der Waals surface area contributed by atoms with Crippen LogP contribution in [-0.2, 0) is 13.6 Å². The summed E-state index contributed by atoms with van der Waals surface area (Å²) in [6.45, 7) is 2.34. The van der Waals surface area contributed by atoms with Crippen molar-refractivity contribution in [1.82, 2.24) is 20.4 Å². The molecular formula is C17H26IN7O2. The molecule has 0 aromatic carbocycles. The molecule has 9 nitrogen and oxygen atoms in total. The number of primary amides is 1. The van der Waals surface area contributed by atoms with Gasteiger partial charge in [0.05, 0.1) is 18.4 Å². The van der Waals surface area contributed by atoms with E-state index in [-0.39, 0.29) is 35.8 Å². The minimum atomic E-state index is -0.573. The van der Waals surface area contributed by atoms with E-state index in [0.29, 0.717) is 18.3 Å². The number of carbonyl (C=O) groups excluding carboxylic acids is 1. The van der Waals surface area contributed by atoms with Crippen LogP contribution in [0.5, 0.6) is 0 Å². The van der Waals surface area contributed by atoms with Gasteiger partial charge in [0.15, 0.2) is 11.7 Å². The molecule has 0 saturated carbocycles. The van der Waals surface area contributed by atoms with E-state index in [1.165, 1.54) is 0 Å². The average molecular weight is 487 g/mol. The third-order valence-electron chi connectivity index (χ3n) is 4.38. The Kier molecular flexibility index (Phi) is 7.51. The van der Waals surface area contributed by atoms with Crippen molar-refractivity contribution in [1.29, 1.82) is 0 Å². The number of hydrogen-bond acceptors (Lipinski definition) is 5. The third kappa shape index (κ3) is 5.62. The maximum atomic E-state index is 11.1. The van der Waals surface area contributed by atoms with Crippen molar-refractivity contribution in [2.75, 3.05) is 25.0 Å². The molecule has 1 atom stereocenters. The van der Waals surface area contributed by atoms with E-state index < -0.39 is 5.91 Å². The number of aryl methyl sites for hydroxylation is 1. The number of nitrogens with zero attached hydrogens (tertiary/aromatic N) is 4. The highest BCUT2D eigenvalue weighted by atomic mass is 127. The summed E-state index contributed by atoms with van der Waals surface area (Å²) >= 11 is 0. The Morgan fingerprint density at radius 3 is 2.93 bits per heavy atom. The Hall–Kier alpha value is -2.24. The first kappa shape index (κ1) is 21.1. The van der Waals surface area contributed by atoms with Gasteiger partial charge < -0.3 is 25.7 Å². The predicted octanol–water partition coefficient (Wildman–Crippen LogP) is 1.06. The van der Waals surface area contributed by atoms with Crippen LogP contribution in [0.2, 0.25) is 0 Å². The topological polar surface area (TPSA) is 114 Å². The zero-order valence-electron chi connectivity index (χ0n) is 15.5. The Bertz CT molecular complexity index is 786. The lowest BCUT2D eigenvalue weighted by atomic mass is 10.1. The highest BCUT2D eigenvalue weighted by molar-refractivity contribution is 14.0. The first-order valence-electron chi connectivity index (χ1n) is 8.64. The van der Waals surface area contributed by atoms with Crippen molar-refractivity contribution in [3.05, 3.63) is 36.0 Å². The van der Waals surface area contributed by atoms with Crippen LogP contribution in [-0.4, -0.2) is 47.8 Å². The molecule has 3 heterocycles. The second-order valence-electron chi connectivity index (χ2n) is 6.36. The van der Waals surface area contributed by atoms with E-state index in [9.17, 15) is 4.79 Å². The number of guanidine groups is 1. The van der Waals surface area contributed by atoms with E-state index in [0.717, 1.165) is 31.6 Å². The maximum absolute atomic E-state index is 11.1. The van der Waals surface area contributed by atoms with Crippen LogP contribution in [0.15, 0.2) is 33.9 Å². The van der Waals surface area contributed by atoms with Gasteiger partial charge in [0.2, 0.25) is 0 Å². The average Bonchev–Trinajstić information content (AvgIpc) is 3.28. The summed E-state index contributed by atoms with van der Waals surface area (Å²) < 4.78 is 7.19. The number of anilines is 1. The second-order valence-corrected chi connectivity index (χ2v) is 6.36. The fourth-order valence-electron chi connectivity index (χ4n) is 3.07. The van der Waals surface area contributed by atoms with Crippen molar-refractivity contribution in [3.63, 3.8) is 0 Å². The molecule has 148 valence electrons. The molecule has 4 N–H and O–H groups in total. The molecule has 1 saturated heterocycles. The van der Waals surface area contributed by atoms with Crippen molar-refractivity contribution < 1.29 is 9.21 Å². The SMILES string of the molecule is CN=C(NCc1ccc(C(N)=O)o1)NC1CCCN(c2cnn(C)c2)C1.I. The number of piperidine rings is 1. The molecule has 0 spiro atoms. The minimum Gasteiger partial charge on any atom is -0.454 e. The molecule has 1 aliphatic heterocycles. The number of aromatic nitrogens is 2. The number of halogens is 1. The maximum Gasteiger partial charge on any atom is 0.284 e. The van der Waals surface area contributed by atoms with Crippen molar-refractivity contribution in [2.45, 2.75) is 25.4 Å². The zero-order valence-corrected chi connectivity index (χ0v) is 17.8. The van der Waals surface area contributed by atoms with Crippen LogP contribution in [0, 0.1) is 0 Å². The fraction of sp³-hybridized carbons (Fsp3) is 0.471. The lowest BCUT2D eigenvalue weighted by Crippen LogP contribution is -2.51.